The van der Waals surface area contributed by atoms with Crippen LogP contribution in [-0.4, -0.2) is 31.3 Å². The first-order valence-electron chi connectivity index (χ1n) is 6.75. The zero-order chi connectivity index (χ0) is 13.9. The van der Waals surface area contributed by atoms with E-state index in [4.69, 9.17) is 4.74 Å². The highest BCUT2D eigenvalue weighted by atomic mass is 16.5. The average Bonchev–Trinajstić information content (AvgIpc) is 2.47. The van der Waals surface area contributed by atoms with Crippen LogP contribution in [0.2, 0.25) is 0 Å². The Morgan fingerprint density at radius 2 is 2.11 bits per heavy atom. The highest BCUT2D eigenvalue weighted by Gasteiger charge is 2.41. The normalized spacial score (nSPS) is 18.0. The minimum absolute atomic E-state index is 0.637. The second-order valence-electron chi connectivity index (χ2n) is 5.02. The van der Waals surface area contributed by atoms with Crippen molar-refractivity contribution < 1.29 is 14.6 Å². The van der Waals surface area contributed by atoms with Crippen LogP contribution in [-0.2, 0) is 16.6 Å². The first kappa shape index (κ1) is 13.9. The van der Waals surface area contributed by atoms with Gasteiger partial charge in [0.05, 0.1) is 12.5 Å². The molecule has 0 bridgehead atoms. The van der Waals surface area contributed by atoms with Crippen molar-refractivity contribution in [3.63, 3.8) is 0 Å². The van der Waals surface area contributed by atoms with E-state index < -0.39 is 11.4 Å². The lowest BCUT2D eigenvalue weighted by Crippen LogP contribution is -2.45. The summed E-state index contributed by atoms with van der Waals surface area (Å²) in [5.41, 5.74) is 1.22. The third kappa shape index (κ3) is 2.45. The second kappa shape index (κ2) is 5.61. The number of aliphatic carboxylic acids is 1. The lowest BCUT2D eigenvalue weighted by atomic mass is 9.73. The first-order chi connectivity index (χ1) is 9.14. The lowest BCUT2D eigenvalue weighted by Gasteiger charge is -2.34. The standard InChI is InChI=1S/C15H21NO3/c1-3-11-10-12(4-5-13(11)19-2)15(14(17)18)6-8-16-9-7-15/h4-5,10,16H,3,6-9H2,1-2H3,(H,17,18). The summed E-state index contributed by atoms with van der Waals surface area (Å²) < 4.78 is 5.31. The summed E-state index contributed by atoms with van der Waals surface area (Å²) in [5.74, 6) is 0.113. The predicted molar refractivity (Wildman–Crippen MR) is 73.8 cm³/mol. The van der Waals surface area contributed by atoms with Crippen molar-refractivity contribution in [1.82, 2.24) is 5.32 Å². The maximum Gasteiger partial charge on any atom is 0.314 e. The van der Waals surface area contributed by atoms with Crippen LogP contribution in [0.25, 0.3) is 0 Å². The molecule has 1 fully saturated rings. The Labute approximate surface area is 113 Å². The molecule has 1 aliphatic rings. The van der Waals surface area contributed by atoms with Crippen molar-refractivity contribution in [3.8, 4) is 5.75 Å². The molecule has 1 saturated heterocycles. The molecule has 1 aromatic carbocycles. The summed E-state index contributed by atoms with van der Waals surface area (Å²) in [6.07, 6.45) is 2.11. The van der Waals surface area contributed by atoms with Gasteiger partial charge in [-0.1, -0.05) is 19.1 Å². The Morgan fingerprint density at radius 1 is 1.42 bits per heavy atom. The monoisotopic (exact) mass is 263 g/mol. The van der Waals surface area contributed by atoms with E-state index in [1.807, 2.05) is 18.2 Å². The molecule has 0 spiro atoms. The van der Waals surface area contributed by atoms with E-state index in [9.17, 15) is 9.90 Å². The number of hydrogen-bond donors (Lipinski definition) is 2. The van der Waals surface area contributed by atoms with Crippen LogP contribution in [0.1, 0.15) is 30.9 Å². The summed E-state index contributed by atoms with van der Waals surface area (Å²) in [6, 6.07) is 5.79. The number of hydrogen-bond acceptors (Lipinski definition) is 3. The SMILES string of the molecule is CCc1cc(C2(C(=O)O)CCNCC2)ccc1OC. The molecular formula is C15H21NO3. The molecule has 4 nitrogen and oxygen atoms in total. The van der Waals surface area contributed by atoms with Crippen LogP contribution >= 0.6 is 0 Å². The van der Waals surface area contributed by atoms with Crippen LogP contribution in [0.3, 0.4) is 0 Å². The molecule has 19 heavy (non-hydrogen) atoms. The quantitative estimate of drug-likeness (QED) is 0.872. The summed E-state index contributed by atoms with van der Waals surface area (Å²) in [5, 5.41) is 12.9. The summed E-state index contributed by atoms with van der Waals surface area (Å²) in [7, 11) is 1.64. The summed E-state index contributed by atoms with van der Waals surface area (Å²) in [6.45, 7) is 3.55. The average molecular weight is 263 g/mol. The molecule has 0 unspecified atom stereocenters. The van der Waals surface area contributed by atoms with Crippen molar-refractivity contribution in [3.05, 3.63) is 29.3 Å². The summed E-state index contributed by atoms with van der Waals surface area (Å²) >= 11 is 0. The predicted octanol–water partition coefficient (Wildman–Crippen LogP) is 1.96. The molecule has 1 aliphatic heterocycles. The zero-order valence-electron chi connectivity index (χ0n) is 11.5. The van der Waals surface area contributed by atoms with Crippen molar-refractivity contribution in [2.45, 2.75) is 31.6 Å². The fraction of sp³-hybridized carbons (Fsp3) is 0.533. The van der Waals surface area contributed by atoms with Gasteiger partial charge in [-0.05, 0) is 49.5 Å². The number of rotatable bonds is 4. The Bertz CT molecular complexity index is 464. The molecule has 0 radical (unpaired) electrons. The van der Waals surface area contributed by atoms with Crippen molar-refractivity contribution in [2.75, 3.05) is 20.2 Å². The molecular weight excluding hydrogens is 242 g/mol. The number of nitrogens with one attached hydrogen (secondary N) is 1. The molecule has 4 heteroatoms. The topological polar surface area (TPSA) is 58.6 Å². The van der Waals surface area contributed by atoms with Crippen LogP contribution in [0.5, 0.6) is 5.75 Å². The Kier molecular flexibility index (Phi) is 4.10. The van der Waals surface area contributed by atoms with Gasteiger partial charge in [-0.25, -0.2) is 0 Å². The van der Waals surface area contributed by atoms with Gasteiger partial charge < -0.3 is 15.2 Å². The van der Waals surface area contributed by atoms with E-state index >= 15 is 0 Å². The van der Waals surface area contributed by atoms with Gasteiger partial charge in [0.1, 0.15) is 5.75 Å². The van der Waals surface area contributed by atoms with Crippen LogP contribution in [0.15, 0.2) is 18.2 Å². The molecule has 1 heterocycles. The number of aryl methyl sites for hydroxylation is 1. The van der Waals surface area contributed by atoms with Gasteiger partial charge in [0, 0.05) is 0 Å². The highest BCUT2D eigenvalue weighted by molar-refractivity contribution is 5.81. The minimum atomic E-state index is -0.749. The number of carbonyl (C=O) groups is 1. The number of ether oxygens (including phenoxy) is 1. The largest absolute Gasteiger partial charge is 0.496 e. The zero-order valence-corrected chi connectivity index (χ0v) is 11.5. The molecule has 0 saturated carbocycles. The van der Waals surface area contributed by atoms with E-state index in [0.29, 0.717) is 12.8 Å². The summed E-state index contributed by atoms with van der Waals surface area (Å²) in [4.78, 5) is 11.8. The van der Waals surface area contributed by atoms with Gasteiger partial charge in [0.15, 0.2) is 0 Å². The number of carboxylic acid groups (broad SMARTS) is 1. The molecule has 104 valence electrons. The fourth-order valence-electron chi connectivity index (χ4n) is 2.83. The van der Waals surface area contributed by atoms with Gasteiger partial charge in [-0.3, -0.25) is 4.79 Å². The molecule has 0 aromatic heterocycles. The van der Waals surface area contributed by atoms with Crippen LogP contribution < -0.4 is 10.1 Å². The molecule has 2 rings (SSSR count). The first-order valence-corrected chi connectivity index (χ1v) is 6.75. The maximum absolute atomic E-state index is 11.8. The van der Waals surface area contributed by atoms with Gasteiger partial charge >= 0.3 is 5.97 Å². The lowest BCUT2D eigenvalue weighted by molar-refractivity contribution is -0.145. The smallest absolute Gasteiger partial charge is 0.314 e. The van der Waals surface area contributed by atoms with Crippen LogP contribution in [0.4, 0.5) is 0 Å². The number of piperidine rings is 1. The van der Waals surface area contributed by atoms with E-state index in [1.54, 1.807) is 7.11 Å². The Balaban J connectivity index is 2.45. The molecule has 0 amide bonds. The molecule has 0 atom stereocenters. The van der Waals surface area contributed by atoms with Crippen molar-refractivity contribution in [2.24, 2.45) is 0 Å². The van der Waals surface area contributed by atoms with Gasteiger partial charge in [0.2, 0.25) is 0 Å². The number of benzene rings is 1. The van der Waals surface area contributed by atoms with E-state index in [-0.39, 0.29) is 0 Å². The number of methoxy groups -OCH3 is 1. The maximum atomic E-state index is 11.8. The Hall–Kier alpha value is -1.55. The number of carboxylic acids is 1. The van der Waals surface area contributed by atoms with Crippen LogP contribution in [0, 0.1) is 0 Å². The van der Waals surface area contributed by atoms with E-state index in [0.717, 1.165) is 36.4 Å². The highest BCUT2D eigenvalue weighted by Crippen LogP contribution is 2.36. The minimum Gasteiger partial charge on any atom is -0.496 e. The molecule has 1 aromatic rings. The second-order valence-corrected chi connectivity index (χ2v) is 5.02. The molecule has 0 aliphatic carbocycles. The van der Waals surface area contributed by atoms with E-state index in [2.05, 4.69) is 12.2 Å². The van der Waals surface area contributed by atoms with Gasteiger partial charge in [0.25, 0.3) is 0 Å². The van der Waals surface area contributed by atoms with Crippen molar-refractivity contribution >= 4 is 5.97 Å². The van der Waals surface area contributed by atoms with Gasteiger partial charge in [-0.15, -0.1) is 0 Å². The van der Waals surface area contributed by atoms with E-state index in [1.165, 1.54) is 0 Å². The fourth-order valence-corrected chi connectivity index (χ4v) is 2.83. The third-order valence-corrected chi connectivity index (χ3v) is 4.08. The Morgan fingerprint density at radius 3 is 2.63 bits per heavy atom. The third-order valence-electron chi connectivity index (χ3n) is 4.08. The van der Waals surface area contributed by atoms with Gasteiger partial charge in [-0.2, -0.15) is 0 Å². The van der Waals surface area contributed by atoms with Crippen molar-refractivity contribution in [1.29, 1.82) is 0 Å². The molecule has 2 N–H and O–H groups in total.